The van der Waals surface area contributed by atoms with Crippen molar-refractivity contribution in [3.63, 3.8) is 0 Å². The lowest BCUT2D eigenvalue weighted by molar-refractivity contribution is -0.155. The fraction of sp³-hybridized carbons (Fsp3) is 0.533. The van der Waals surface area contributed by atoms with Crippen LogP contribution >= 0.6 is 0 Å². The predicted molar refractivity (Wildman–Crippen MR) is 77.0 cm³/mol. The van der Waals surface area contributed by atoms with Crippen molar-refractivity contribution in [1.29, 1.82) is 0 Å². The Hall–Kier alpha value is -2.31. The third kappa shape index (κ3) is 3.47. The van der Waals surface area contributed by atoms with Gasteiger partial charge in [-0.1, -0.05) is 0 Å². The third-order valence-corrected chi connectivity index (χ3v) is 3.76. The van der Waals surface area contributed by atoms with E-state index in [1.165, 1.54) is 30.6 Å². The van der Waals surface area contributed by atoms with Gasteiger partial charge in [0.15, 0.2) is 0 Å². The van der Waals surface area contributed by atoms with E-state index in [4.69, 9.17) is 9.15 Å². The molecule has 1 aromatic rings. The minimum Gasteiger partial charge on any atom is -0.472 e. The Morgan fingerprint density at radius 1 is 1.41 bits per heavy atom. The number of carbonyl (C=O) groups excluding carboxylic acids is 3. The summed E-state index contributed by atoms with van der Waals surface area (Å²) in [7, 11) is 1.31. The first-order chi connectivity index (χ1) is 10.5. The molecule has 1 fully saturated rings. The molecule has 1 saturated heterocycles. The summed E-state index contributed by atoms with van der Waals surface area (Å²) < 4.78 is 9.60. The topological polar surface area (TPSA) is 88.9 Å². The first-order valence-electron chi connectivity index (χ1n) is 7.26. The molecular weight excluding hydrogens is 288 g/mol. The number of carbonyl (C=O) groups is 3. The summed E-state index contributed by atoms with van der Waals surface area (Å²) in [4.78, 5) is 37.7. The second-order valence-corrected chi connectivity index (χ2v) is 5.27. The first-order valence-corrected chi connectivity index (χ1v) is 7.26. The van der Waals surface area contributed by atoms with Gasteiger partial charge < -0.3 is 19.4 Å². The van der Waals surface area contributed by atoms with Crippen molar-refractivity contribution in [1.82, 2.24) is 10.2 Å². The lowest BCUT2D eigenvalue weighted by Gasteiger charge is -2.35. The Kier molecular flexibility index (Phi) is 5.19. The number of ether oxygens (including phenoxy) is 1. The van der Waals surface area contributed by atoms with Crippen molar-refractivity contribution in [2.75, 3.05) is 13.7 Å². The number of furan rings is 1. The predicted octanol–water partition coefficient (Wildman–Crippen LogP) is 0.952. The van der Waals surface area contributed by atoms with E-state index in [-0.39, 0.29) is 11.8 Å². The van der Waals surface area contributed by atoms with Gasteiger partial charge in [-0.3, -0.25) is 9.59 Å². The Bertz CT molecular complexity index is 540. The molecule has 0 saturated carbocycles. The van der Waals surface area contributed by atoms with Crippen molar-refractivity contribution in [3.8, 4) is 0 Å². The molecule has 2 amide bonds. The second kappa shape index (κ2) is 7.11. The van der Waals surface area contributed by atoms with Crippen molar-refractivity contribution in [2.45, 2.75) is 38.3 Å². The van der Waals surface area contributed by atoms with Crippen LogP contribution in [0, 0.1) is 0 Å². The number of piperidine rings is 1. The molecule has 1 aliphatic heterocycles. The van der Waals surface area contributed by atoms with Crippen LogP contribution in [0.4, 0.5) is 0 Å². The van der Waals surface area contributed by atoms with E-state index in [0.29, 0.717) is 18.5 Å². The molecule has 2 atom stereocenters. The molecule has 0 aromatic carbocycles. The minimum absolute atomic E-state index is 0.285. The lowest BCUT2D eigenvalue weighted by atomic mass is 10.0. The van der Waals surface area contributed by atoms with Crippen molar-refractivity contribution in [3.05, 3.63) is 24.2 Å². The summed E-state index contributed by atoms with van der Waals surface area (Å²) in [5.41, 5.74) is 0.350. The monoisotopic (exact) mass is 308 g/mol. The fourth-order valence-electron chi connectivity index (χ4n) is 2.56. The zero-order chi connectivity index (χ0) is 16.1. The van der Waals surface area contributed by atoms with Crippen molar-refractivity contribution in [2.24, 2.45) is 0 Å². The lowest BCUT2D eigenvalue weighted by Crippen LogP contribution is -2.54. The molecule has 0 bridgehead atoms. The Morgan fingerprint density at radius 2 is 2.18 bits per heavy atom. The summed E-state index contributed by atoms with van der Waals surface area (Å²) in [6.07, 6.45) is 4.99. The number of hydrogen-bond acceptors (Lipinski definition) is 5. The van der Waals surface area contributed by atoms with Gasteiger partial charge >= 0.3 is 5.97 Å². The molecule has 1 aromatic heterocycles. The molecule has 0 spiro atoms. The number of esters is 1. The highest BCUT2D eigenvalue weighted by Crippen LogP contribution is 2.19. The number of nitrogens with one attached hydrogen (secondary N) is 1. The molecular formula is C15H20N2O5. The van der Waals surface area contributed by atoms with E-state index >= 15 is 0 Å². The van der Waals surface area contributed by atoms with E-state index in [1.807, 2.05) is 0 Å². The number of nitrogens with zero attached hydrogens (tertiary/aromatic N) is 1. The Morgan fingerprint density at radius 3 is 2.82 bits per heavy atom. The number of hydrogen-bond donors (Lipinski definition) is 1. The van der Waals surface area contributed by atoms with Crippen LogP contribution in [0.15, 0.2) is 23.0 Å². The van der Waals surface area contributed by atoms with Gasteiger partial charge in [-0.05, 0) is 32.3 Å². The second-order valence-electron chi connectivity index (χ2n) is 5.27. The van der Waals surface area contributed by atoms with Gasteiger partial charge in [0.2, 0.25) is 5.91 Å². The molecule has 0 unspecified atom stereocenters. The van der Waals surface area contributed by atoms with Gasteiger partial charge in [0.25, 0.3) is 5.91 Å². The van der Waals surface area contributed by atoms with E-state index in [0.717, 1.165) is 12.8 Å². The number of rotatable bonds is 4. The van der Waals surface area contributed by atoms with Gasteiger partial charge in [0.05, 0.1) is 18.9 Å². The molecule has 1 N–H and O–H groups in total. The largest absolute Gasteiger partial charge is 0.472 e. The van der Waals surface area contributed by atoms with Crippen molar-refractivity contribution < 1.29 is 23.5 Å². The first kappa shape index (κ1) is 16.1. The van der Waals surface area contributed by atoms with Gasteiger partial charge in [-0.15, -0.1) is 0 Å². The Labute approximate surface area is 128 Å². The zero-order valence-corrected chi connectivity index (χ0v) is 12.7. The minimum atomic E-state index is -0.729. The van der Waals surface area contributed by atoms with Crippen LogP contribution in [0.3, 0.4) is 0 Å². The molecule has 2 heterocycles. The van der Waals surface area contributed by atoms with Crippen molar-refractivity contribution >= 4 is 17.8 Å². The molecule has 2 rings (SSSR count). The van der Waals surface area contributed by atoms with Gasteiger partial charge in [0, 0.05) is 6.54 Å². The van der Waals surface area contributed by atoms with E-state index in [1.54, 1.807) is 6.92 Å². The summed E-state index contributed by atoms with van der Waals surface area (Å²) >= 11 is 0. The average molecular weight is 308 g/mol. The molecule has 7 nitrogen and oxygen atoms in total. The number of amides is 2. The molecule has 1 aliphatic rings. The highest BCUT2D eigenvalue weighted by Gasteiger charge is 2.35. The Balaban J connectivity index is 2.02. The maximum absolute atomic E-state index is 12.5. The molecule has 0 aliphatic carbocycles. The van der Waals surface area contributed by atoms with Crippen LogP contribution in [0.5, 0.6) is 0 Å². The summed E-state index contributed by atoms with van der Waals surface area (Å²) in [5.74, 6) is -1.09. The van der Waals surface area contributed by atoms with Gasteiger partial charge in [0.1, 0.15) is 18.3 Å². The van der Waals surface area contributed by atoms with Crippen LogP contribution in [0.2, 0.25) is 0 Å². The molecule has 0 radical (unpaired) electrons. The molecule has 120 valence electrons. The smallest absolute Gasteiger partial charge is 0.328 e. The highest BCUT2D eigenvalue weighted by atomic mass is 16.5. The SMILES string of the molecule is COC(=O)[C@H]1CCCCN1C(=O)[C@H](C)NC(=O)c1ccoc1. The summed E-state index contributed by atoms with van der Waals surface area (Å²) in [6.45, 7) is 2.09. The van der Waals surface area contributed by atoms with Crippen LogP contribution in [0.25, 0.3) is 0 Å². The fourth-order valence-corrected chi connectivity index (χ4v) is 2.56. The summed E-state index contributed by atoms with van der Waals surface area (Å²) in [6, 6.07) is 0.220. The van der Waals surface area contributed by atoms with E-state index in [9.17, 15) is 14.4 Å². The average Bonchev–Trinajstić information content (AvgIpc) is 3.07. The zero-order valence-electron chi connectivity index (χ0n) is 12.7. The van der Waals surface area contributed by atoms with Crippen LogP contribution in [0.1, 0.15) is 36.5 Å². The molecule has 7 heteroatoms. The molecule has 22 heavy (non-hydrogen) atoms. The number of methoxy groups -OCH3 is 1. The summed E-state index contributed by atoms with van der Waals surface area (Å²) in [5, 5.41) is 2.61. The van der Waals surface area contributed by atoms with Crippen LogP contribution < -0.4 is 5.32 Å². The van der Waals surface area contributed by atoms with Crippen LogP contribution in [-0.4, -0.2) is 48.4 Å². The maximum atomic E-state index is 12.5. The van der Waals surface area contributed by atoms with E-state index in [2.05, 4.69) is 5.32 Å². The normalized spacial score (nSPS) is 19.4. The third-order valence-electron chi connectivity index (χ3n) is 3.76. The van der Waals surface area contributed by atoms with Crippen LogP contribution in [-0.2, 0) is 14.3 Å². The maximum Gasteiger partial charge on any atom is 0.328 e. The van der Waals surface area contributed by atoms with Gasteiger partial charge in [-0.2, -0.15) is 0 Å². The van der Waals surface area contributed by atoms with Gasteiger partial charge in [-0.25, -0.2) is 4.79 Å². The standard InChI is InChI=1S/C15H20N2O5/c1-10(16-13(18)11-6-8-22-9-11)14(19)17-7-4-3-5-12(17)15(20)21-2/h6,8-10,12H,3-5,7H2,1-2H3,(H,16,18)/t10-,12+/m0/s1. The van der Waals surface area contributed by atoms with E-state index < -0.39 is 18.1 Å². The quantitative estimate of drug-likeness (QED) is 0.837. The number of likely N-dealkylation sites (tertiary alicyclic amines) is 1. The highest BCUT2D eigenvalue weighted by molar-refractivity contribution is 5.97.